The van der Waals surface area contributed by atoms with Crippen molar-refractivity contribution in [3.63, 3.8) is 0 Å². The first-order valence-electron chi connectivity index (χ1n) is 6.74. The minimum Gasteiger partial charge on any atom is -0.351 e. The average molecular weight is 267 g/mol. The molecule has 108 valence electrons. The maximum atomic E-state index is 12.5. The molecule has 0 unspecified atom stereocenters. The van der Waals surface area contributed by atoms with E-state index in [9.17, 15) is 9.59 Å². The second kappa shape index (κ2) is 6.19. The van der Waals surface area contributed by atoms with Crippen LogP contribution in [0.1, 0.15) is 47.0 Å². The van der Waals surface area contributed by atoms with Crippen LogP contribution in [0.25, 0.3) is 0 Å². The minimum atomic E-state index is -0.645. The number of Topliss-reactive ketones (excluding diaryl/α,β-unsaturated/α-hetero) is 1. The molecule has 5 heteroatoms. The Morgan fingerprint density at radius 3 is 2.68 bits per heavy atom. The third-order valence-electron chi connectivity index (χ3n) is 3.76. The first-order valence-corrected chi connectivity index (χ1v) is 6.74. The molecule has 0 aromatic carbocycles. The van der Waals surface area contributed by atoms with E-state index in [2.05, 4.69) is 30.8 Å². The molecule has 0 aromatic heterocycles. The summed E-state index contributed by atoms with van der Waals surface area (Å²) >= 11 is 0. The zero-order chi connectivity index (χ0) is 14.6. The van der Waals surface area contributed by atoms with Crippen LogP contribution in [-0.4, -0.2) is 17.9 Å². The van der Waals surface area contributed by atoms with Crippen LogP contribution in [0.5, 0.6) is 0 Å². The van der Waals surface area contributed by atoms with E-state index in [1.54, 1.807) is 0 Å². The van der Waals surface area contributed by atoms with Gasteiger partial charge in [-0.1, -0.05) is 25.5 Å². The van der Waals surface area contributed by atoms with Gasteiger partial charge in [0.2, 0.25) is 0 Å². The van der Waals surface area contributed by atoms with Gasteiger partial charge in [-0.05, 0) is 32.1 Å². The predicted octanol–water partition coefficient (Wildman–Crippen LogP) is 1.89. The summed E-state index contributed by atoms with van der Waals surface area (Å²) in [6.45, 7) is 8.17. The van der Waals surface area contributed by atoms with Crippen LogP contribution in [0.3, 0.4) is 0 Å². The molecule has 0 fully saturated rings. The Morgan fingerprint density at radius 2 is 2.16 bits per heavy atom. The van der Waals surface area contributed by atoms with Crippen LogP contribution in [0.15, 0.2) is 11.6 Å². The summed E-state index contributed by atoms with van der Waals surface area (Å²) in [7, 11) is 0. The van der Waals surface area contributed by atoms with E-state index in [4.69, 9.17) is 5.73 Å². The standard InChI is InChI=1S/C14H25N3O2/c1-9-6-5-7-14(3,4)12(9)11(18)8-10(2)16-17-13(15)19/h6,10,12,16H,5,7-8H2,1-4H3,(H3,15,17,19)/t10-,12-/m0/s1. The van der Waals surface area contributed by atoms with Crippen molar-refractivity contribution in [3.05, 3.63) is 11.6 Å². The van der Waals surface area contributed by atoms with Crippen LogP contribution >= 0.6 is 0 Å². The lowest BCUT2D eigenvalue weighted by Crippen LogP contribution is -2.47. The number of nitrogens with one attached hydrogen (secondary N) is 2. The normalized spacial score (nSPS) is 23.4. The van der Waals surface area contributed by atoms with Crippen molar-refractivity contribution < 1.29 is 9.59 Å². The van der Waals surface area contributed by atoms with E-state index < -0.39 is 6.03 Å². The first kappa shape index (κ1) is 15.7. The Morgan fingerprint density at radius 1 is 1.53 bits per heavy atom. The van der Waals surface area contributed by atoms with Gasteiger partial charge in [-0.25, -0.2) is 10.2 Å². The molecule has 2 amide bonds. The number of hydrogen-bond donors (Lipinski definition) is 3. The van der Waals surface area contributed by atoms with Gasteiger partial charge in [0, 0.05) is 18.4 Å². The summed E-state index contributed by atoms with van der Waals surface area (Å²) < 4.78 is 0. The van der Waals surface area contributed by atoms with Crippen molar-refractivity contribution in [2.45, 2.75) is 53.0 Å². The van der Waals surface area contributed by atoms with Crippen LogP contribution in [0.4, 0.5) is 4.79 Å². The Bertz CT molecular complexity index is 388. The third kappa shape index (κ3) is 4.35. The number of urea groups is 1. The van der Waals surface area contributed by atoms with E-state index >= 15 is 0 Å². The van der Waals surface area contributed by atoms with Gasteiger partial charge >= 0.3 is 6.03 Å². The average Bonchev–Trinajstić information content (AvgIpc) is 2.24. The highest BCUT2D eigenvalue weighted by molar-refractivity contribution is 5.85. The molecule has 0 spiro atoms. The number of rotatable bonds is 5. The molecule has 1 aliphatic carbocycles. The topological polar surface area (TPSA) is 84.2 Å². The molecule has 0 aromatic rings. The fraction of sp³-hybridized carbons (Fsp3) is 0.714. The van der Waals surface area contributed by atoms with Crippen LogP contribution in [0.2, 0.25) is 0 Å². The molecule has 0 radical (unpaired) electrons. The molecule has 4 N–H and O–H groups in total. The molecule has 0 saturated heterocycles. The van der Waals surface area contributed by atoms with Gasteiger partial charge in [0.1, 0.15) is 5.78 Å². The molecule has 0 saturated carbocycles. The van der Waals surface area contributed by atoms with Crippen molar-refractivity contribution in [1.29, 1.82) is 0 Å². The smallest absolute Gasteiger partial charge is 0.326 e. The van der Waals surface area contributed by atoms with Crippen molar-refractivity contribution in [3.8, 4) is 0 Å². The van der Waals surface area contributed by atoms with Crippen molar-refractivity contribution in [1.82, 2.24) is 10.9 Å². The Kier molecular flexibility index (Phi) is 5.11. The quantitative estimate of drug-likeness (QED) is 0.525. The van der Waals surface area contributed by atoms with Crippen LogP contribution < -0.4 is 16.6 Å². The molecule has 1 aliphatic rings. The summed E-state index contributed by atoms with van der Waals surface area (Å²) in [5.41, 5.74) is 11.2. The van der Waals surface area contributed by atoms with Gasteiger partial charge in [-0.15, -0.1) is 0 Å². The lowest BCUT2D eigenvalue weighted by molar-refractivity contribution is -0.125. The summed E-state index contributed by atoms with van der Waals surface area (Å²) in [6.07, 6.45) is 4.61. The molecular formula is C14H25N3O2. The molecule has 5 nitrogen and oxygen atoms in total. The van der Waals surface area contributed by atoms with Gasteiger partial charge in [0.25, 0.3) is 0 Å². The fourth-order valence-electron chi connectivity index (χ4n) is 2.91. The first-order chi connectivity index (χ1) is 8.74. The number of ketones is 1. The summed E-state index contributed by atoms with van der Waals surface area (Å²) in [6, 6.07) is -0.779. The van der Waals surface area contributed by atoms with Gasteiger partial charge in [-0.2, -0.15) is 0 Å². The SMILES string of the molecule is CC1=CCCC(C)(C)[C@@H]1C(=O)C[C@H](C)NNC(N)=O. The highest BCUT2D eigenvalue weighted by Gasteiger charge is 2.37. The monoisotopic (exact) mass is 267 g/mol. The van der Waals surface area contributed by atoms with E-state index in [0.717, 1.165) is 18.4 Å². The van der Waals surface area contributed by atoms with Crippen LogP contribution in [0, 0.1) is 11.3 Å². The Labute approximate surface area is 115 Å². The Balaban J connectivity index is 2.63. The van der Waals surface area contributed by atoms with E-state index in [0.29, 0.717) is 6.42 Å². The lowest BCUT2D eigenvalue weighted by Gasteiger charge is -2.37. The van der Waals surface area contributed by atoms with Crippen LogP contribution in [-0.2, 0) is 4.79 Å². The second-order valence-corrected chi connectivity index (χ2v) is 6.11. The number of allylic oxidation sites excluding steroid dienone is 2. The summed E-state index contributed by atoms with van der Waals surface area (Å²) in [5.74, 6) is 0.184. The Hall–Kier alpha value is -1.36. The number of primary amides is 1. The van der Waals surface area contributed by atoms with Crippen molar-refractivity contribution >= 4 is 11.8 Å². The largest absolute Gasteiger partial charge is 0.351 e. The summed E-state index contributed by atoms with van der Waals surface area (Å²) in [5, 5.41) is 0. The van der Waals surface area contributed by atoms with Gasteiger partial charge in [0.15, 0.2) is 0 Å². The van der Waals surface area contributed by atoms with Gasteiger partial charge in [0.05, 0.1) is 0 Å². The number of amides is 2. The van der Waals surface area contributed by atoms with Crippen molar-refractivity contribution in [2.24, 2.45) is 17.1 Å². The van der Waals surface area contributed by atoms with E-state index in [-0.39, 0.29) is 23.2 Å². The molecule has 2 atom stereocenters. The molecular weight excluding hydrogens is 242 g/mol. The highest BCUT2D eigenvalue weighted by Crippen LogP contribution is 2.41. The maximum Gasteiger partial charge on any atom is 0.326 e. The number of carbonyl (C=O) groups is 2. The van der Waals surface area contributed by atoms with E-state index in [1.807, 2.05) is 13.8 Å². The predicted molar refractivity (Wildman–Crippen MR) is 75.2 cm³/mol. The highest BCUT2D eigenvalue weighted by atomic mass is 16.2. The zero-order valence-electron chi connectivity index (χ0n) is 12.2. The molecule has 1 rings (SSSR count). The van der Waals surface area contributed by atoms with Crippen molar-refractivity contribution in [2.75, 3.05) is 0 Å². The molecule has 0 aliphatic heterocycles. The number of nitrogens with two attached hydrogens (primary N) is 1. The maximum absolute atomic E-state index is 12.5. The summed E-state index contributed by atoms with van der Waals surface area (Å²) in [4.78, 5) is 23.1. The van der Waals surface area contributed by atoms with Gasteiger partial charge < -0.3 is 5.73 Å². The minimum absolute atomic E-state index is 0.00670. The number of carbonyl (C=O) groups excluding carboxylic acids is 2. The molecule has 19 heavy (non-hydrogen) atoms. The molecule has 0 heterocycles. The fourth-order valence-corrected chi connectivity index (χ4v) is 2.91. The number of hydrazine groups is 1. The second-order valence-electron chi connectivity index (χ2n) is 6.11. The third-order valence-corrected chi connectivity index (χ3v) is 3.76. The number of hydrogen-bond acceptors (Lipinski definition) is 3. The molecule has 0 bridgehead atoms. The zero-order valence-corrected chi connectivity index (χ0v) is 12.2. The van der Waals surface area contributed by atoms with E-state index in [1.165, 1.54) is 0 Å². The van der Waals surface area contributed by atoms with Gasteiger partial charge in [-0.3, -0.25) is 10.2 Å². The lowest BCUT2D eigenvalue weighted by atomic mass is 9.66.